The number of aliphatic hydroxyl groups excluding tert-OH is 1. The fraction of sp³-hybridized carbons (Fsp3) is 0.615. The van der Waals surface area contributed by atoms with Crippen LogP contribution in [-0.4, -0.2) is 76.5 Å². The van der Waals surface area contributed by atoms with E-state index in [0.717, 1.165) is 70.0 Å². The van der Waals surface area contributed by atoms with Crippen LogP contribution in [0.4, 0.5) is 0 Å². The predicted octanol–water partition coefficient (Wildman–Crippen LogP) is 5.86. The Balaban J connectivity index is 1.15. The number of ether oxygens (including phenoxy) is 2. The van der Waals surface area contributed by atoms with Crippen LogP contribution in [0.5, 0.6) is 11.5 Å². The van der Waals surface area contributed by atoms with Gasteiger partial charge in [0.25, 0.3) is 0 Å². The summed E-state index contributed by atoms with van der Waals surface area (Å²) in [5, 5.41) is 10.2. The van der Waals surface area contributed by atoms with Gasteiger partial charge in [-0.2, -0.15) is 0 Å². The Morgan fingerprint density at radius 2 is 1.83 bits per heavy atom. The number of carbonyl (C=O) groups is 3. The van der Waals surface area contributed by atoms with E-state index in [-0.39, 0.29) is 41.3 Å². The number of amides is 1. The Morgan fingerprint density at radius 3 is 2.57 bits per heavy atom. The minimum Gasteiger partial charge on any atom is -0.483 e. The van der Waals surface area contributed by atoms with E-state index in [1.54, 1.807) is 0 Å². The third kappa shape index (κ3) is 6.01. The molecule has 2 aliphatic heterocycles. The molecule has 2 bridgehead atoms. The maximum Gasteiger partial charge on any atom is 0.308 e. The molecule has 3 aliphatic carbocycles. The van der Waals surface area contributed by atoms with Crippen molar-refractivity contribution in [1.29, 1.82) is 0 Å². The van der Waals surface area contributed by atoms with E-state index in [4.69, 9.17) is 9.47 Å². The summed E-state index contributed by atoms with van der Waals surface area (Å²) in [5.41, 5.74) is 2.98. The molecule has 2 heterocycles. The van der Waals surface area contributed by atoms with Gasteiger partial charge >= 0.3 is 5.97 Å². The third-order valence-electron chi connectivity index (χ3n) is 11.9. The standard InChI is InChI=1S/C39H50N2O6/c1-3-4-10-20-41(35(45)14-9-8-13-32(43)26-11-6-5-7-12-26)30-17-16-29-31-22-27-15-18-34(46-25(2)42)37-36(27)39(29,38(30)47-37)19-21-40(31)24-28-23-33(28)44/h5-7,11-12,15,18,28-31,33,38,44H,3-4,8-10,13-14,16-17,19-24H2,1-2H3/t28?,29-,30+,31+,33?,38-,39-/m0/s1. The fourth-order valence-electron chi connectivity index (χ4n) is 9.58. The van der Waals surface area contributed by atoms with E-state index in [9.17, 15) is 19.5 Å². The van der Waals surface area contributed by atoms with Crippen molar-refractivity contribution in [3.63, 3.8) is 0 Å². The molecular weight excluding hydrogens is 592 g/mol. The number of aliphatic hydroxyl groups is 1. The summed E-state index contributed by atoms with van der Waals surface area (Å²) in [5.74, 6) is 1.87. The minimum absolute atomic E-state index is 0.0671. The van der Waals surface area contributed by atoms with Gasteiger partial charge in [0.2, 0.25) is 5.91 Å². The van der Waals surface area contributed by atoms with E-state index in [1.165, 1.54) is 18.1 Å². The highest BCUT2D eigenvalue weighted by Crippen LogP contribution is 2.64. The van der Waals surface area contributed by atoms with Crippen molar-refractivity contribution in [2.45, 2.75) is 121 Å². The Morgan fingerprint density at radius 1 is 1.04 bits per heavy atom. The molecule has 1 saturated heterocycles. The smallest absolute Gasteiger partial charge is 0.308 e. The highest BCUT2D eigenvalue weighted by atomic mass is 16.6. The zero-order valence-corrected chi connectivity index (χ0v) is 28.0. The number of benzene rings is 2. The number of Topliss-reactive ketones (excluding diaryl/α,β-unsaturated/α-hetero) is 1. The lowest BCUT2D eigenvalue weighted by atomic mass is 9.51. The topological polar surface area (TPSA) is 96.4 Å². The highest BCUT2D eigenvalue weighted by Gasteiger charge is 2.67. The van der Waals surface area contributed by atoms with Gasteiger partial charge in [-0.25, -0.2) is 0 Å². The number of ketones is 1. The second-order valence-electron chi connectivity index (χ2n) is 14.7. The van der Waals surface area contributed by atoms with Gasteiger partial charge in [0.15, 0.2) is 17.3 Å². The third-order valence-corrected chi connectivity index (χ3v) is 11.9. The fourth-order valence-corrected chi connectivity index (χ4v) is 9.58. The van der Waals surface area contributed by atoms with Gasteiger partial charge in [0.05, 0.1) is 12.1 Å². The Labute approximate surface area is 278 Å². The molecule has 2 saturated carbocycles. The molecular formula is C39H50N2O6. The SMILES string of the molecule is CCCCCN(C(=O)CCCCC(=O)c1ccccc1)[C@@H]1CC[C@H]2[C@H]3Cc4ccc(OC(C)=O)c5c4[C@@]2(CCN3CC2CC2O)[C@H]1O5. The first-order chi connectivity index (χ1) is 22.8. The van der Waals surface area contributed by atoms with Crippen molar-refractivity contribution < 1.29 is 29.0 Å². The largest absolute Gasteiger partial charge is 0.483 e. The number of hydrogen-bond acceptors (Lipinski definition) is 7. The lowest BCUT2D eigenvalue weighted by Crippen LogP contribution is -2.69. The second-order valence-corrected chi connectivity index (χ2v) is 14.7. The van der Waals surface area contributed by atoms with Gasteiger partial charge in [-0.15, -0.1) is 0 Å². The van der Waals surface area contributed by atoms with Crippen molar-refractivity contribution >= 4 is 17.7 Å². The molecule has 47 heavy (non-hydrogen) atoms. The molecule has 2 aromatic carbocycles. The van der Waals surface area contributed by atoms with Gasteiger partial charge in [-0.3, -0.25) is 19.3 Å². The molecule has 2 aromatic rings. The van der Waals surface area contributed by atoms with Crippen LogP contribution in [0.25, 0.3) is 0 Å². The molecule has 8 heteroatoms. The van der Waals surface area contributed by atoms with Gasteiger partial charge in [0.1, 0.15) is 6.10 Å². The van der Waals surface area contributed by atoms with Crippen molar-refractivity contribution in [2.24, 2.45) is 11.8 Å². The molecule has 1 N–H and O–H groups in total. The lowest BCUT2D eigenvalue weighted by molar-refractivity contribution is -0.143. The number of nitrogens with zero attached hydrogens (tertiary/aromatic N) is 2. The number of hydrogen-bond donors (Lipinski definition) is 1. The first-order valence-corrected chi connectivity index (χ1v) is 18.1. The summed E-state index contributed by atoms with van der Waals surface area (Å²) in [6.07, 6.45) is 9.60. The van der Waals surface area contributed by atoms with E-state index < -0.39 is 0 Å². The predicted molar refractivity (Wildman–Crippen MR) is 179 cm³/mol. The maximum atomic E-state index is 14.2. The van der Waals surface area contributed by atoms with Crippen molar-refractivity contribution in [2.75, 3.05) is 19.6 Å². The summed E-state index contributed by atoms with van der Waals surface area (Å²) in [6.45, 7) is 6.20. The average molecular weight is 643 g/mol. The maximum absolute atomic E-state index is 14.2. The highest BCUT2D eigenvalue weighted by molar-refractivity contribution is 5.96. The number of carbonyl (C=O) groups excluding carboxylic acids is 3. The number of rotatable bonds is 14. The Kier molecular flexibility index (Phi) is 9.18. The zero-order chi connectivity index (χ0) is 32.7. The second kappa shape index (κ2) is 13.3. The van der Waals surface area contributed by atoms with Crippen LogP contribution in [0.15, 0.2) is 42.5 Å². The van der Waals surface area contributed by atoms with Crippen LogP contribution in [-0.2, 0) is 21.4 Å². The Hall–Kier alpha value is -3.23. The molecule has 1 amide bonds. The van der Waals surface area contributed by atoms with E-state index >= 15 is 0 Å². The molecule has 0 aromatic heterocycles. The number of piperidine rings is 1. The summed E-state index contributed by atoms with van der Waals surface area (Å²) in [4.78, 5) is 43.8. The monoisotopic (exact) mass is 642 g/mol. The lowest BCUT2D eigenvalue weighted by Gasteiger charge is -2.60. The van der Waals surface area contributed by atoms with E-state index in [2.05, 4.69) is 22.8 Å². The average Bonchev–Trinajstić information content (AvgIpc) is 3.65. The van der Waals surface area contributed by atoms with E-state index in [1.807, 2.05) is 36.4 Å². The summed E-state index contributed by atoms with van der Waals surface area (Å²) in [7, 11) is 0. The molecule has 3 fully saturated rings. The van der Waals surface area contributed by atoms with Crippen LogP contribution in [0, 0.1) is 11.8 Å². The molecule has 252 valence electrons. The van der Waals surface area contributed by atoms with Crippen LogP contribution in [0.1, 0.15) is 106 Å². The van der Waals surface area contributed by atoms with Gasteiger partial charge in [0, 0.05) is 61.4 Å². The normalized spacial score (nSPS) is 29.9. The molecule has 7 rings (SSSR count). The van der Waals surface area contributed by atoms with Crippen molar-refractivity contribution in [1.82, 2.24) is 9.80 Å². The molecule has 8 nitrogen and oxygen atoms in total. The van der Waals surface area contributed by atoms with Crippen molar-refractivity contribution in [3.8, 4) is 11.5 Å². The molecule has 1 spiro atoms. The molecule has 0 radical (unpaired) electrons. The van der Waals surface area contributed by atoms with Gasteiger partial charge < -0.3 is 19.5 Å². The minimum atomic E-state index is -0.362. The van der Waals surface area contributed by atoms with E-state index in [0.29, 0.717) is 61.6 Å². The van der Waals surface area contributed by atoms with Crippen LogP contribution >= 0.6 is 0 Å². The zero-order valence-electron chi connectivity index (χ0n) is 28.0. The molecule has 7 atom stereocenters. The van der Waals surface area contributed by atoms with Crippen molar-refractivity contribution in [3.05, 3.63) is 59.2 Å². The summed E-state index contributed by atoms with van der Waals surface area (Å²) in [6, 6.07) is 13.7. The first kappa shape index (κ1) is 32.3. The quantitative estimate of drug-likeness (QED) is 0.119. The van der Waals surface area contributed by atoms with Gasteiger partial charge in [-0.1, -0.05) is 56.2 Å². The van der Waals surface area contributed by atoms with Gasteiger partial charge in [-0.05, 0) is 75.5 Å². The molecule has 5 aliphatic rings. The number of esters is 1. The van der Waals surface area contributed by atoms with Crippen LogP contribution < -0.4 is 9.47 Å². The van der Waals surface area contributed by atoms with Crippen LogP contribution in [0.3, 0.4) is 0 Å². The first-order valence-electron chi connectivity index (χ1n) is 18.1. The summed E-state index contributed by atoms with van der Waals surface area (Å²) >= 11 is 0. The number of unbranched alkanes of at least 4 members (excludes halogenated alkanes) is 3. The molecule has 2 unspecified atom stereocenters. The number of likely N-dealkylation sites (tertiary alicyclic amines) is 1. The van der Waals surface area contributed by atoms with Crippen LogP contribution in [0.2, 0.25) is 0 Å². The Bertz CT molecular complexity index is 1490. The summed E-state index contributed by atoms with van der Waals surface area (Å²) < 4.78 is 12.8.